The Morgan fingerprint density at radius 1 is 1.11 bits per heavy atom. The second kappa shape index (κ2) is 5.11. The van der Waals surface area contributed by atoms with E-state index in [1.54, 1.807) is 23.6 Å². The van der Waals surface area contributed by atoms with Gasteiger partial charge >= 0.3 is 11.9 Å². The Hall–Kier alpha value is -2.34. The van der Waals surface area contributed by atoms with Gasteiger partial charge in [-0.25, -0.2) is 9.59 Å². The van der Waals surface area contributed by atoms with Crippen LogP contribution in [0.25, 0.3) is 11.1 Å². The number of benzene rings is 1. The van der Waals surface area contributed by atoms with Gasteiger partial charge in [0, 0.05) is 0 Å². The molecule has 0 radical (unpaired) electrons. The minimum Gasteiger partial charge on any atom is -0.496 e. The van der Waals surface area contributed by atoms with Crippen molar-refractivity contribution in [2.24, 2.45) is 0 Å². The third-order valence-corrected chi connectivity index (χ3v) is 3.49. The molecule has 5 nitrogen and oxygen atoms in total. The van der Waals surface area contributed by atoms with E-state index >= 15 is 0 Å². The number of methoxy groups -OCH3 is 1. The van der Waals surface area contributed by atoms with Gasteiger partial charge in [-0.1, -0.05) is 6.07 Å². The number of carboxylic acids is 2. The van der Waals surface area contributed by atoms with Crippen LogP contribution < -0.4 is 4.74 Å². The highest BCUT2D eigenvalue weighted by molar-refractivity contribution is 7.12. The average Bonchev–Trinajstić information content (AvgIpc) is 2.87. The molecule has 1 aromatic carbocycles. The van der Waals surface area contributed by atoms with E-state index in [2.05, 4.69) is 0 Å². The molecule has 1 aromatic heterocycles. The first-order chi connectivity index (χ1) is 9.02. The normalized spacial score (nSPS) is 10.2. The summed E-state index contributed by atoms with van der Waals surface area (Å²) >= 11 is 1.12. The molecule has 0 atom stereocenters. The van der Waals surface area contributed by atoms with Crippen molar-refractivity contribution in [2.45, 2.75) is 0 Å². The Kier molecular flexibility index (Phi) is 3.52. The number of carbonyl (C=O) groups is 2. The Bertz CT molecular complexity index is 644. The van der Waals surface area contributed by atoms with E-state index in [9.17, 15) is 9.59 Å². The predicted molar refractivity (Wildman–Crippen MR) is 70.2 cm³/mol. The van der Waals surface area contributed by atoms with Gasteiger partial charge in [0.2, 0.25) is 0 Å². The summed E-state index contributed by atoms with van der Waals surface area (Å²) in [6.45, 7) is 0. The van der Waals surface area contributed by atoms with Crippen molar-refractivity contribution in [2.75, 3.05) is 7.11 Å². The maximum Gasteiger partial charge on any atom is 0.345 e. The molecule has 2 N–H and O–H groups in total. The number of ether oxygens (including phenoxy) is 1. The summed E-state index contributed by atoms with van der Waals surface area (Å²) < 4.78 is 5.03. The van der Waals surface area contributed by atoms with Crippen LogP contribution in [-0.4, -0.2) is 29.3 Å². The number of carboxylic acid groups (broad SMARTS) is 2. The molecule has 2 rings (SSSR count). The minimum atomic E-state index is -1.07. The molecule has 0 spiro atoms. The Morgan fingerprint density at radius 2 is 1.84 bits per heavy atom. The van der Waals surface area contributed by atoms with Crippen molar-refractivity contribution in [3.8, 4) is 16.9 Å². The van der Waals surface area contributed by atoms with Gasteiger partial charge < -0.3 is 14.9 Å². The molecule has 0 aliphatic carbocycles. The molecule has 6 heteroatoms. The smallest absolute Gasteiger partial charge is 0.345 e. The van der Waals surface area contributed by atoms with Crippen LogP contribution in [0.5, 0.6) is 5.75 Å². The van der Waals surface area contributed by atoms with E-state index in [4.69, 9.17) is 14.9 Å². The van der Waals surface area contributed by atoms with Crippen LogP contribution in [0.2, 0.25) is 0 Å². The zero-order chi connectivity index (χ0) is 14.0. The van der Waals surface area contributed by atoms with Crippen molar-refractivity contribution in [1.29, 1.82) is 0 Å². The SMILES string of the molecule is COc1cc(-c2csc(C(=O)O)c2)ccc1C(=O)O. The number of aromatic carboxylic acids is 2. The van der Waals surface area contributed by atoms with Crippen LogP contribution in [-0.2, 0) is 0 Å². The molecule has 0 aliphatic heterocycles. The first-order valence-corrected chi connectivity index (χ1v) is 6.14. The second-order valence-corrected chi connectivity index (χ2v) is 4.64. The lowest BCUT2D eigenvalue weighted by molar-refractivity contribution is 0.0686. The molecular weight excluding hydrogens is 268 g/mol. The lowest BCUT2D eigenvalue weighted by Crippen LogP contribution is -2.00. The van der Waals surface area contributed by atoms with Crippen molar-refractivity contribution in [1.82, 2.24) is 0 Å². The summed E-state index contributed by atoms with van der Waals surface area (Å²) in [7, 11) is 1.39. The van der Waals surface area contributed by atoms with E-state index < -0.39 is 11.9 Å². The van der Waals surface area contributed by atoms with E-state index in [-0.39, 0.29) is 16.2 Å². The monoisotopic (exact) mass is 278 g/mol. The number of rotatable bonds is 4. The topological polar surface area (TPSA) is 83.8 Å². The van der Waals surface area contributed by atoms with Crippen LogP contribution in [0.4, 0.5) is 0 Å². The third-order valence-electron chi connectivity index (χ3n) is 2.58. The molecule has 98 valence electrons. The summed E-state index contributed by atoms with van der Waals surface area (Å²) in [5.41, 5.74) is 1.50. The van der Waals surface area contributed by atoms with Crippen LogP contribution in [0.3, 0.4) is 0 Å². The predicted octanol–water partition coefficient (Wildman–Crippen LogP) is 2.82. The fraction of sp³-hybridized carbons (Fsp3) is 0.0769. The molecule has 2 aromatic rings. The first kappa shape index (κ1) is 13.1. The summed E-state index contributed by atoms with van der Waals surface area (Å²) in [6, 6.07) is 6.19. The van der Waals surface area contributed by atoms with Gasteiger partial charge in [0.05, 0.1) is 7.11 Å². The molecular formula is C13H10O5S. The van der Waals surface area contributed by atoms with Crippen molar-refractivity contribution in [3.05, 3.63) is 40.1 Å². The zero-order valence-corrected chi connectivity index (χ0v) is 10.7. The molecule has 0 fully saturated rings. The first-order valence-electron chi connectivity index (χ1n) is 5.26. The zero-order valence-electron chi connectivity index (χ0n) is 9.91. The fourth-order valence-electron chi connectivity index (χ4n) is 1.65. The van der Waals surface area contributed by atoms with E-state index in [1.165, 1.54) is 13.2 Å². The van der Waals surface area contributed by atoms with Gasteiger partial charge in [-0.2, -0.15) is 0 Å². The van der Waals surface area contributed by atoms with Crippen LogP contribution >= 0.6 is 11.3 Å². The Labute approximate surface area is 112 Å². The molecule has 0 saturated carbocycles. The summed E-state index contributed by atoms with van der Waals surface area (Å²) in [5, 5.41) is 19.6. The van der Waals surface area contributed by atoms with Crippen LogP contribution in [0.1, 0.15) is 20.0 Å². The quantitative estimate of drug-likeness (QED) is 0.898. The molecule has 0 bridgehead atoms. The molecule has 0 amide bonds. The van der Waals surface area contributed by atoms with E-state index in [1.807, 2.05) is 0 Å². The molecule has 0 unspecified atom stereocenters. The van der Waals surface area contributed by atoms with Gasteiger partial charge in [0.1, 0.15) is 16.2 Å². The van der Waals surface area contributed by atoms with Crippen LogP contribution in [0, 0.1) is 0 Å². The lowest BCUT2D eigenvalue weighted by Gasteiger charge is -2.06. The van der Waals surface area contributed by atoms with Gasteiger partial charge in [0.25, 0.3) is 0 Å². The van der Waals surface area contributed by atoms with Crippen molar-refractivity contribution >= 4 is 23.3 Å². The molecule has 1 heterocycles. The lowest BCUT2D eigenvalue weighted by atomic mass is 10.1. The molecule has 0 aliphatic rings. The number of hydrogen-bond acceptors (Lipinski definition) is 4. The van der Waals surface area contributed by atoms with Gasteiger partial charge in [0.15, 0.2) is 0 Å². The Morgan fingerprint density at radius 3 is 2.37 bits per heavy atom. The Balaban J connectivity index is 2.45. The summed E-state index contributed by atoms with van der Waals surface area (Å²) in [5.74, 6) is -1.81. The van der Waals surface area contributed by atoms with Gasteiger partial charge in [-0.3, -0.25) is 0 Å². The average molecular weight is 278 g/mol. The van der Waals surface area contributed by atoms with Crippen molar-refractivity contribution in [3.63, 3.8) is 0 Å². The van der Waals surface area contributed by atoms with Gasteiger partial charge in [-0.05, 0) is 34.7 Å². The number of thiophene rings is 1. The highest BCUT2D eigenvalue weighted by Crippen LogP contribution is 2.30. The summed E-state index contributed by atoms with van der Waals surface area (Å²) in [6.07, 6.45) is 0. The largest absolute Gasteiger partial charge is 0.496 e. The maximum absolute atomic E-state index is 11.0. The van der Waals surface area contributed by atoms with Crippen molar-refractivity contribution < 1.29 is 24.5 Å². The highest BCUT2D eigenvalue weighted by atomic mass is 32.1. The molecule has 0 saturated heterocycles. The minimum absolute atomic E-state index is 0.0694. The highest BCUT2D eigenvalue weighted by Gasteiger charge is 2.13. The molecule has 19 heavy (non-hydrogen) atoms. The second-order valence-electron chi connectivity index (χ2n) is 3.73. The van der Waals surface area contributed by atoms with E-state index in [0.29, 0.717) is 5.56 Å². The standard InChI is InChI=1S/C13H10O5S/c1-18-10-4-7(2-3-9(10)12(14)15)8-5-11(13(16)17)19-6-8/h2-6H,1H3,(H,14,15)(H,16,17). The fourth-order valence-corrected chi connectivity index (χ4v) is 2.40. The number of hydrogen-bond donors (Lipinski definition) is 2. The summed E-state index contributed by atoms with van der Waals surface area (Å²) in [4.78, 5) is 22.0. The van der Waals surface area contributed by atoms with Crippen LogP contribution in [0.15, 0.2) is 29.6 Å². The maximum atomic E-state index is 11.0. The van der Waals surface area contributed by atoms with Gasteiger partial charge in [-0.15, -0.1) is 11.3 Å². The third kappa shape index (κ3) is 2.58. The van der Waals surface area contributed by atoms with E-state index in [0.717, 1.165) is 16.9 Å².